The zero-order chi connectivity index (χ0) is 20.2. The smallest absolute Gasteiger partial charge is 0.287 e. The van der Waals surface area contributed by atoms with E-state index in [4.69, 9.17) is 16.2 Å². The lowest BCUT2D eigenvalue weighted by Gasteiger charge is -2.06. The number of hydrogen-bond donors (Lipinski definition) is 5. The molecule has 0 saturated heterocycles. The van der Waals surface area contributed by atoms with Crippen LogP contribution in [-0.4, -0.2) is 54.0 Å². The van der Waals surface area contributed by atoms with Crippen LogP contribution in [0.5, 0.6) is 5.75 Å². The molecule has 2 amide bonds. The lowest BCUT2D eigenvalue weighted by molar-refractivity contribution is 0.0937. The number of aromatic nitrogens is 2. The van der Waals surface area contributed by atoms with Crippen LogP contribution in [0.4, 0.5) is 0 Å². The highest BCUT2D eigenvalue weighted by atomic mass is 16.5. The Morgan fingerprint density at radius 1 is 1.07 bits per heavy atom. The summed E-state index contributed by atoms with van der Waals surface area (Å²) in [5.74, 6) is 0.109. The minimum absolute atomic E-state index is 0.0546. The van der Waals surface area contributed by atoms with Crippen LogP contribution in [0.15, 0.2) is 41.5 Å². The highest BCUT2D eigenvalue weighted by molar-refractivity contribution is 5.95. The summed E-state index contributed by atoms with van der Waals surface area (Å²) >= 11 is 0. The van der Waals surface area contributed by atoms with Gasteiger partial charge in [0.1, 0.15) is 18.1 Å². The van der Waals surface area contributed by atoms with Crippen molar-refractivity contribution >= 4 is 17.8 Å². The average Bonchev–Trinajstić information content (AvgIpc) is 3.18. The normalized spacial score (nSPS) is 10.1. The second-order valence-electron chi connectivity index (χ2n) is 5.83. The first-order chi connectivity index (χ1) is 13.6. The Kier molecular flexibility index (Phi) is 8.31. The number of hydrogen-bond acceptors (Lipinski definition) is 5. The maximum atomic E-state index is 12.1. The van der Waals surface area contributed by atoms with Crippen molar-refractivity contribution < 1.29 is 14.3 Å². The van der Waals surface area contributed by atoms with Crippen LogP contribution in [0, 0.1) is 0 Å². The number of carbonyl (C=O) groups excluding carboxylic acids is 2. The van der Waals surface area contributed by atoms with Crippen LogP contribution in [-0.2, 0) is 0 Å². The summed E-state index contributed by atoms with van der Waals surface area (Å²) in [5, 5.41) is 5.41. The maximum absolute atomic E-state index is 12.1. The summed E-state index contributed by atoms with van der Waals surface area (Å²) in [6.45, 7) is 1.62. The molecule has 0 aliphatic rings. The number of imidazole rings is 1. The maximum Gasteiger partial charge on any atom is 0.287 e. The van der Waals surface area contributed by atoms with Crippen LogP contribution in [0.25, 0.3) is 0 Å². The molecule has 10 nitrogen and oxygen atoms in total. The molecule has 150 valence electrons. The number of carbonyl (C=O) groups is 2. The Morgan fingerprint density at radius 3 is 2.57 bits per heavy atom. The first-order valence-corrected chi connectivity index (χ1v) is 8.91. The third-order valence-electron chi connectivity index (χ3n) is 3.60. The number of rotatable bonds is 11. The van der Waals surface area contributed by atoms with Crippen molar-refractivity contribution in [3.63, 3.8) is 0 Å². The van der Waals surface area contributed by atoms with Crippen molar-refractivity contribution in [1.29, 1.82) is 0 Å². The molecule has 0 aliphatic carbocycles. The summed E-state index contributed by atoms with van der Waals surface area (Å²) in [6, 6.07) is 9.30. The van der Waals surface area contributed by atoms with Gasteiger partial charge < -0.3 is 31.8 Å². The molecule has 28 heavy (non-hydrogen) atoms. The predicted molar refractivity (Wildman–Crippen MR) is 105 cm³/mol. The Morgan fingerprint density at radius 2 is 1.82 bits per heavy atom. The monoisotopic (exact) mass is 387 g/mol. The number of nitrogens with two attached hydrogens (primary N) is 2. The number of nitrogens with one attached hydrogen (secondary N) is 3. The van der Waals surface area contributed by atoms with E-state index in [0.29, 0.717) is 26.2 Å². The van der Waals surface area contributed by atoms with Crippen molar-refractivity contribution in [1.82, 2.24) is 20.6 Å². The van der Waals surface area contributed by atoms with Gasteiger partial charge in [0.05, 0.1) is 12.7 Å². The molecule has 0 spiro atoms. The summed E-state index contributed by atoms with van der Waals surface area (Å²) in [7, 11) is 0. The van der Waals surface area contributed by atoms with Gasteiger partial charge >= 0.3 is 0 Å². The molecular formula is C18H25N7O3. The topological polar surface area (TPSA) is 161 Å². The number of benzene rings is 1. The molecule has 1 heterocycles. The minimum atomic E-state index is -0.409. The molecule has 0 saturated carbocycles. The van der Waals surface area contributed by atoms with Crippen LogP contribution >= 0.6 is 0 Å². The van der Waals surface area contributed by atoms with Gasteiger partial charge in [0.15, 0.2) is 11.8 Å². The Bertz CT molecular complexity index is 785. The Labute approximate surface area is 162 Å². The molecular weight excluding hydrogens is 362 g/mol. The third-order valence-corrected chi connectivity index (χ3v) is 3.60. The number of unbranched alkanes of at least 4 members (excludes halogenated alkanes) is 1. The number of nitrogens with zero attached hydrogens (tertiary/aromatic N) is 2. The fourth-order valence-electron chi connectivity index (χ4n) is 2.23. The second kappa shape index (κ2) is 11.2. The van der Waals surface area contributed by atoms with Gasteiger partial charge in [-0.05, 0) is 25.0 Å². The van der Waals surface area contributed by atoms with Gasteiger partial charge in [-0.15, -0.1) is 0 Å². The SMILES string of the molecule is NC(N)=NCCCCNC(=O)c1cnc(C(=O)NCCOc2ccccc2)[nH]1. The van der Waals surface area contributed by atoms with E-state index in [1.165, 1.54) is 6.20 Å². The lowest BCUT2D eigenvalue weighted by Crippen LogP contribution is -2.29. The fraction of sp³-hybridized carbons (Fsp3) is 0.333. The summed E-state index contributed by atoms with van der Waals surface area (Å²) in [6.07, 6.45) is 2.80. The molecule has 0 unspecified atom stereocenters. The van der Waals surface area contributed by atoms with E-state index >= 15 is 0 Å². The minimum Gasteiger partial charge on any atom is -0.492 e. The molecule has 10 heteroatoms. The third kappa shape index (κ3) is 7.36. The van der Waals surface area contributed by atoms with Crippen molar-refractivity contribution in [3.8, 4) is 5.75 Å². The number of amides is 2. The molecule has 1 aromatic carbocycles. The van der Waals surface area contributed by atoms with E-state index in [1.54, 1.807) is 0 Å². The number of aliphatic imine (C=N–C) groups is 1. The van der Waals surface area contributed by atoms with Gasteiger partial charge in [-0.3, -0.25) is 14.6 Å². The highest BCUT2D eigenvalue weighted by Gasteiger charge is 2.13. The van der Waals surface area contributed by atoms with Gasteiger partial charge in [-0.2, -0.15) is 0 Å². The molecule has 0 radical (unpaired) electrons. The number of H-pyrrole nitrogens is 1. The van der Waals surface area contributed by atoms with E-state index in [1.807, 2.05) is 30.3 Å². The summed E-state index contributed by atoms with van der Waals surface area (Å²) < 4.78 is 5.49. The zero-order valence-corrected chi connectivity index (χ0v) is 15.5. The quantitative estimate of drug-likeness (QED) is 0.207. The van der Waals surface area contributed by atoms with Gasteiger partial charge in [0, 0.05) is 13.1 Å². The zero-order valence-electron chi connectivity index (χ0n) is 15.5. The van der Waals surface area contributed by atoms with E-state index in [0.717, 1.165) is 18.6 Å². The molecule has 1 aromatic heterocycles. The molecule has 2 aromatic rings. The Hall–Kier alpha value is -3.56. The van der Waals surface area contributed by atoms with Crippen molar-refractivity contribution in [3.05, 3.63) is 48.0 Å². The predicted octanol–water partition coefficient (Wildman–Crippen LogP) is 0.00190. The van der Waals surface area contributed by atoms with Gasteiger partial charge in [-0.25, -0.2) is 4.98 Å². The van der Waals surface area contributed by atoms with Crippen molar-refractivity contribution in [2.45, 2.75) is 12.8 Å². The standard InChI is InChI=1S/C18H25N7O3/c19-18(20)23-9-5-4-8-21-16(26)14-12-24-15(25-14)17(27)22-10-11-28-13-6-2-1-3-7-13/h1-3,6-7,12H,4-5,8-11H2,(H,21,26)(H,22,27)(H,24,25)(H4,19,20,23). The lowest BCUT2D eigenvalue weighted by atomic mass is 10.3. The number of para-hydroxylation sites is 1. The molecule has 0 atom stereocenters. The van der Waals surface area contributed by atoms with E-state index in [-0.39, 0.29) is 23.4 Å². The summed E-state index contributed by atoms with van der Waals surface area (Å²) in [5.41, 5.74) is 10.7. The number of guanidine groups is 1. The molecule has 0 aliphatic heterocycles. The van der Waals surface area contributed by atoms with Gasteiger partial charge in [0.25, 0.3) is 11.8 Å². The average molecular weight is 387 g/mol. The highest BCUT2D eigenvalue weighted by Crippen LogP contribution is 2.07. The fourth-order valence-corrected chi connectivity index (χ4v) is 2.23. The first-order valence-electron chi connectivity index (χ1n) is 8.91. The van der Waals surface area contributed by atoms with E-state index in [2.05, 4.69) is 25.6 Å². The van der Waals surface area contributed by atoms with E-state index < -0.39 is 5.91 Å². The molecule has 0 fully saturated rings. The van der Waals surface area contributed by atoms with Crippen LogP contribution < -0.4 is 26.8 Å². The van der Waals surface area contributed by atoms with Crippen LogP contribution in [0.3, 0.4) is 0 Å². The molecule has 2 rings (SSSR count). The largest absolute Gasteiger partial charge is 0.492 e. The van der Waals surface area contributed by atoms with E-state index in [9.17, 15) is 9.59 Å². The second-order valence-corrected chi connectivity index (χ2v) is 5.83. The number of aromatic amines is 1. The summed E-state index contributed by atoms with van der Waals surface area (Å²) in [4.78, 5) is 34.6. The van der Waals surface area contributed by atoms with Crippen LogP contribution in [0.1, 0.15) is 33.9 Å². The molecule has 7 N–H and O–H groups in total. The number of ether oxygens (including phenoxy) is 1. The van der Waals surface area contributed by atoms with Gasteiger partial charge in [0.2, 0.25) is 0 Å². The van der Waals surface area contributed by atoms with Crippen molar-refractivity contribution in [2.75, 3.05) is 26.2 Å². The first kappa shape index (κ1) is 20.7. The van der Waals surface area contributed by atoms with Gasteiger partial charge in [-0.1, -0.05) is 18.2 Å². The Balaban J connectivity index is 1.66. The molecule has 0 bridgehead atoms. The van der Waals surface area contributed by atoms with Crippen molar-refractivity contribution in [2.24, 2.45) is 16.5 Å². The van der Waals surface area contributed by atoms with Crippen LogP contribution in [0.2, 0.25) is 0 Å².